The molecule has 0 aromatic rings. The summed E-state index contributed by atoms with van der Waals surface area (Å²) >= 11 is 0. The monoisotopic (exact) mass is 198 g/mol. The number of hydrogen-bond acceptors (Lipinski definition) is 3. The van der Waals surface area contributed by atoms with Crippen molar-refractivity contribution in [2.45, 2.75) is 6.04 Å². The Balaban J connectivity index is 2.83. The maximum Gasteiger partial charge on any atom is 0.328 e. The summed E-state index contributed by atoms with van der Waals surface area (Å²) in [5.41, 5.74) is 0. The molecule has 1 saturated heterocycles. The van der Waals surface area contributed by atoms with Crippen LogP contribution in [0.3, 0.4) is 0 Å². The van der Waals surface area contributed by atoms with Crippen LogP contribution >= 0.6 is 0 Å². The fourth-order valence-electron chi connectivity index (χ4n) is 1.21. The first-order valence-electron chi connectivity index (χ1n) is 3.98. The molecule has 2 amide bonds. The molecule has 2 N–H and O–H groups in total. The molecular formula is C8H10N2O4. The molecule has 0 aromatic heterocycles. The van der Waals surface area contributed by atoms with Crippen molar-refractivity contribution in [2.24, 2.45) is 0 Å². The number of carboxylic acids is 1. The first kappa shape index (κ1) is 10.2. The highest BCUT2D eigenvalue weighted by atomic mass is 16.4. The number of carbonyl (C=O) groups is 3. The van der Waals surface area contributed by atoms with E-state index in [0.29, 0.717) is 0 Å². The fraction of sp³-hybridized carbons (Fsp3) is 0.375. The first-order valence-corrected chi connectivity index (χ1v) is 3.98. The SMILES string of the molecule is C=CC(=O)N1CC(=O)NCC1C(=O)O. The molecule has 0 spiro atoms. The molecule has 0 aliphatic carbocycles. The van der Waals surface area contributed by atoms with Gasteiger partial charge in [0, 0.05) is 6.54 Å². The Morgan fingerprint density at radius 3 is 2.79 bits per heavy atom. The van der Waals surface area contributed by atoms with Gasteiger partial charge in [0.2, 0.25) is 11.8 Å². The summed E-state index contributed by atoms with van der Waals surface area (Å²) in [7, 11) is 0. The third-order valence-electron chi connectivity index (χ3n) is 1.93. The van der Waals surface area contributed by atoms with Crippen molar-refractivity contribution in [2.75, 3.05) is 13.1 Å². The van der Waals surface area contributed by atoms with Gasteiger partial charge in [0.15, 0.2) is 0 Å². The van der Waals surface area contributed by atoms with Crippen LogP contribution in [-0.2, 0) is 14.4 Å². The standard InChI is InChI=1S/C8H10N2O4/c1-2-7(12)10-4-6(11)9-3-5(10)8(13)14/h2,5H,1,3-4H2,(H,9,11)(H,13,14). The number of amides is 2. The van der Waals surface area contributed by atoms with E-state index in [-0.39, 0.29) is 19.0 Å². The summed E-state index contributed by atoms with van der Waals surface area (Å²) in [5, 5.41) is 11.1. The minimum atomic E-state index is -1.14. The van der Waals surface area contributed by atoms with E-state index >= 15 is 0 Å². The molecule has 1 rings (SSSR count). The highest BCUT2D eigenvalue weighted by molar-refractivity contribution is 5.95. The summed E-state index contributed by atoms with van der Waals surface area (Å²) < 4.78 is 0. The van der Waals surface area contributed by atoms with E-state index in [1.807, 2.05) is 0 Å². The van der Waals surface area contributed by atoms with Crippen molar-refractivity contribution in [3.8, 4) is 0 Å². The Hall–Kier alpha value is -1.85. The van der Waals surface area contributed by atoms with Crippen LogP contribution in [0.25, 0.3) is 0 Å². The van der Waals surface area contributed by atoms with Crippen LogP contribution in [-0.4, -0.2) is 46.9 Å². The van der Waals surface area contributed by atoms with Crippen molar-refractivity contribution in [1.82, 2.24) is 10.2 Å². The van der Waals surface area contributed by atoms with E-state index in [4.69, 9.17) is 5.11 Å². The average Bonchev–Trinajstić information content (AvgIpc) is 2.16. The molecule has 1 aliphatic rings. The second kappa shape index (κ2) is 3.91. The number of nitrogens with zero attached hydrogens (tertiary/aromatic N) is 1. The Kier molecular flexibility index (Phi) is 2.85. The maximum atomic E-state index is 11.2. The second-order valence-corrected chi connectivity index (χ2v) is 2.83. The van der Waals surface area contributed by atoms with Gasteiger partial charge in [-0.25, -0.2) is 4.79 Å². The van der Waals surface area contributed by atoms with Gasteiger partial charge in [-0.05, 0) is 6.08 Å². The Bertz CT molecular complexity index is 300. The number of aliphatic carboxylic acids is 1. The van der Waals surface area contributed by atoms with Crippen LogP contribution in [0.15, 0.2) is 12.7 Å². The molecule has 1 heterocycles. The number of hydrogen-bond donors (Lipinski definition) is 2. The quantitative estimate of drug-likeness (QED) is 0.533. The lowest BCUT2D eigenvalue weighted by Gasteiger charge is -2.31. The van der Waals surface area contributed by atoms with E-state index in [9.17, 15) is 14.4 Å². The molecule has 0 radical (unpaired) electrons. The number of nitrogens with one attached hydrogen (secondary N) is 1. The molecule has 1 fully saturated rings. The predicted octanol–water partition coefficient (Wildman–Crippen LogP) is -1.42. The van der Waals surface area contributed by atoms with Gasteiger partial charge in [0.1, 0.15) is 12.6 Å². The van der Waals surface area contributed by atoms with E-state index in [0.717, 1.165) is 11.0 Å². The van der Waals surface area contributed by atoms with Gasteiger partial charge >= 0.3 is 5.97 Å². The summed E-state index contributed by atoms with van der Waals surface area (Å²) in [6.45, 7) is 2.94. The molecule has 0 saturated carbocycles. The van der Waals surface area contributed by atoms with Gasteiger partial charge in [-0.1, -0.05) is 6.58 Å². The van der Waals surface area contributed by atoms with Gasteiger partial charge in [-0.3, -0.25) is 9.59 Å². The minimum Gasteiger partial charge on any atom is -0.480 e. The van der Waals surface area contributed by atoms with E-state index < -0.39 is 17.9 Å². The normalized spacial score (nSPS) is 21.3. The molecule has 1 atom stereocenters. The van der Waals surface area contributed by atoms with Crippen molar-refractivity contribution < 1.29 is 19.5 Å². The van der Waals surface area contributed by atoms with Gasteiger partial charge in [0.25, 0.3) is 0 Å². The summed E-state index contributed by atoms with van der Waals surface area (Å²) in [4.78, 5) is 33.8. The van der Waals surface area contributed by atoms with E-state index in [2.05, 4.69) is 11.9 Å². The van der Waals surface area contributed by atoms with Crippen LogP contribution in [0.4, 0.5) is 0 Å². The number of carbonyl (C=O) groups excluding carboxylic acids is 2. The molecule has 0 bridgehead atoms. The molecule has 0 aromatic carbocycles. The Morgan fingerprint density at radius 2 is 2.29 bits per heavy atom. The molecule has 6 nitrogen and oxygen atoms in total. The van der Waals surface area contributed by atoms with Gasteiger partial charge in [-0.2, -0.15) is 0 Å². The van der Waals surface area contributed by atoms with Crippen LogP contribution < -0.4 is 5.32 Å². The smallest absolute Gasteiger partial charge is 0.328 e. The Morgan fingerprint density at radius 1 is 1.64 bits per heavy atom. The molecule has 1 unspecified atom stereocenters. The third kappa shape index (κ3) is 1.90. The average molecular weight is 198 g/mol. The van der Waals surface area contributed by atoms with Crippen LogP contribution in [0.5, 0.6) is 0 Å². The topological polar surface area (TPSA) is 86.7 Å². The lowest BCUT2D eigenvalue weighted by atomic mass is 10.2. The largest absolute Gasteiger partial charge is 0.480 e. The molecule has 76 valence electrons. The van der Waals surface area contributed by atoms with E-state index in [1.165, 1.54) is 0 Å². The van der Waals surface area contributed by atoms with Crippen LogP contribution in [0, 0.1) is 0 Å². The predicted molar refractivity (Wildman–Crippen MR) is 46.3 cm³/mol. The second-order valence-electron chi connectivity index (χ2n) is 2.83. The lowest BCUT2D eigenvalue weighted by Crippen LogP contribution is -2.58. The summed E-state index contributed by atoms with van der Waals surface area (Å²) in [6.07, 6.45) is 0.995. The molecular weight excluding hydrogens is 188 g/mol. The van der Waals surface area contributed by atoms with Gasteiger partial charge in [0.05, 0.1) is 0 Å². The van der Waals surface area contributed by atoms with Crippen molar-refractivity contribution in [1.29, 1.82) is 0 Å². The van der Waals surface area contributed by atoms with Crippen molar-refractivity contribution in [3.05, 3.63) is 12.7 Å². The zero-order valence-electron chi connectivity index (χ0n) is 7.40. The highest BCUT2D eigenvalue weighted by Gasteiger charge is 2.33. The third-order valence-corrected chi connectivity index (χ3v) is 1.93. The van der Waals surface area contributed by atoms with Crippen molar-refractivity contribution in [3.63, 3.8) is 0 Å². The zero-order valence-corrected chi connectivity index (χ0v) is 7.40. The lowest BCUT2D eigenvalue weighted by molar-refractivity contribution is -0.152. The van der Waals surface area contributed by atoms with E-state index in [1.54, 1.807) is 0 Å². The summed E-state index contributed by atoms with van der Waals surface area (Å²) in [5.74, 6) is -2.05. The van der Waals surface area contributed by atoms with Crippen LogP contribution in [0.1, 0.15) is 0 Å². The maximum absolute atomic E-state index is 11.2. The number of rotatable bonds is 2. The van der Waals surface area contributed by atoms with Gasteiger partial charge in [-0.15, -0.1) is 0 Å². The van der Waals surface area contributed by atoms with Gasteiger partial charge < -0.3 is 15.3 Å². The fourth-order valence-corrected chi connectivity index (χ4v) is 1.21. The Labute approximate surface area is 80.2 Å². The van der Waals surface area contributed by atoms with Crippen molar-refractivity contribution >= 4 is 17.8 Å². The minimum absolute atomic E-state index is 0.0618. The number of carboxylic acid groups (broad SMARTS) is 1. The summed E-state index contributed by atoms with van der Waals surface area (Å²) in [6, 6.07) is -1.00. The first-order chi connectivity index (χ1) is 6.56. The molecule has 1 aliphatic heterocycles. The molecule has 6 heteroatoms. The number of piperazine rings is 1. The molecule has 14 heavy (non-hydrogen) atoms. The zero-order chi connectivity index (χ0) is 10.7. The van der Waals surface area contributed by atoms with Crippen LogP contribution in [0.2, 0.25) is 0 Å². The highest BCUT2D eigenvalue weighted by Crippen LogP contribution is 2.05.